The molecule has 0 saturated carbocycles. The van der Waals surface area contributed by atoms with E-state index < -0.39 is 5.97 Å². The van der Waals surface area contributed by atoms with E-state index in [0.717, 1.165) is 18.1 Å². The fourth-order valence-corrected chi connectivity index (χ4v) is 2.19. The summed E-state index contributed by atoms with van der Waals surface area (Å²) in [6.07, 6.45) is 0. The lowest BCUT2D eigenvalue weighted by atomic mass is 9.94. The van der Waals surface area contributed by atoms with Gasteiger partial charge in [-0.3, -0.25) is 4.79 Å². The standard InChI is InChI=1S/C11H15NO3/c1-7-3-4-10(15-7)8-5-12(2)6-9(8)11(13)14/h3-4,8-9H,5-6H2,1-2H3,(H,13,14). The first-order valence-electron chi connectivity index (χ1n) is 5.05. The van der Waals surface area contributed by atoms with E-state index in [0.29, 0.717) is 6.54 Å². The summed E-state index contributed by atoms with van der Waals surface area (Å²) in [5.74, 6) is 0.535. The predicted molar refractivity (Wildman–Crippen MR) is 54.8 cm³/mol. The highest BCUT2D eigenvalue weighted by atomic mass is 16.4. The highest BCUT2D eigenvalue weighted by Crippen LogP contribution is 2.32. The minimum atomic E-state index is -0.738. The van der Waals surface area contributed by atoms with E-state index in [9.17, 15) is 4.79 Å². The van der Waals surface area contributed by atoms with Crippen LogP contribution in [-0.2, 0) is 4.79 Å². The number of rotatable bonds is 2. The maximum absolute atomic E-state index is 11.1. The minimum Gasteiger partial charge on any atom is -0.481 e. The fourth-order valence-electron chi connectivity index (χ4n) is 2.19. The fraction of sp³-hybridized carbons (Fsp3) is 0.545. The SMILES string of the molecule is Cc1ccc(C2CN(C)CC2C(=O)O)o1. The molecule has 0 aromatic carbocycles. The number of carboxylic acid groups (broad SMARTS) is 1. The van der Waals surface area contributed by atoms with E-state index in [1.165, 1.54) is 0 Å². The number of aliphatic carboxylic acids is 1. The van der Waals surface area contributed by atoms with Crippen molar-refractivity contribution in [3.63, 3.8) is 0 Å². The lowest BCUT2D eigenvalue weighted by molar-refractivity contribution is -0.141. The molecule has 1 aliphatic rings. The van der Waals surface area contributed by atoms with E-state index in [-0.39, 0.29) is 11.8 Å². The van der Waals surface area contributed by atoms with Gasteiger partial charge in [-0.15, -0.1) is 0 Å². The summed E-state index contributed by atoms with van der Waals surface area (Å²) < 4.78 is 5.51. The molecule has 1 N–H and O–H groups in total. The van der Waals surface area contributed by atoms with Crippen molar-refractivity contribution in [1.29, 1.82) is 0 Å². The highest BCUT2D eigenvalue weighted by molar-refractivity contribution is 5.72. The molecular formula is C11H15NO3. The molecule has 0 radical (unpaired) electrons. The Kier molecular flexibility index (Phi) is 2.52. The molecule has 1 aliphatic heterocycles. The molecule has 1 aromatic heterocycles. The zero-order chi connectivity index (χ0) is 11.0. The molecule has 4 nitrogen and oxygen atoms in total. The number of furan rings is 1. The van der Waals surface area contributed by atoms with Gasteiger partial charge in [0.2, 0.25) is 0 Å². The molecule has 82 valence electrons. The summed E-state index contributed by atoms with van der Waals surface area (Å²) in [4.78, 5) is 13.1. The number of nitrogens with zero attached hydrogens (tertiary/aromatic N) is 1. The number of aryl methyl sites for hydroxylation is 1. The third-order valence-electron chi connectivity index (χ3n) is 2.95. The lowest BCUT2D eigenvalue weighted by Crippen LogP contribution is -2.21. The third kappa shape index (κ3) is 1.90. The van der Waals surface area contributed by atoms with Crippen LogP contribution in [0.5, 0.6) is 0 Å². The quantitative estimate of drug-likeness (QED) is 0.798. The van der Waals surface area contributed by atoms with Gasteiger partial charge in [0.15, 0.2) is 0 Å². The van der Waals surface area contributed by atoms with Gasteiger partial charge in [-0.05, 0) is 26.1 Å². The van der Waals surface area contributed by atoms with E-state index in [1.54, 1.807) is 0 Å². The molecule has 2 unspecified atom stereocenters. The van der Waals surface area contributed by atoms with Gasteiger partial charge in [-0.1, -0.05) is 0 Å². The smallest absolute Gasteiger partial charge is 0.308 e. The van der Waals surface area contributed by atoms with Crippen LogP contribution < -0.4 is 0 Å². The summed E-state index contributed by atoms with van der Waals surface area (Å²) in [6.45, 7) is 3.22. The molecular weight excluding hydrogens is 194 g/mol. The summed E-state index contributed by atoms with van der Waals surface area (Å²) in [5.41, 5.74) is 0. The normalized spacial score (nSPS) is 27.1. The van der Waals surface area contributed by atoms with Crippen molar-refractivity contribution >= 4 is 5.97 Å². The molecule has 0 bridgehead atoms. The van der Waals surface area contributed by atoms with Crippen LogP contribution in [0.15, 0.2) is 16.5 Å². The van der Waals surface area contributed by atoms with Crippen molar-refractivity contribution < 1.29 is 14.3 Å². The number of likely N-dealkylation sites (N-methyl/N-ethyl adjacent to an activating group) is 1. The minimum absolute atomic E-state index is 0.0128. The van der Waals surface area contributed by atoms with Crippen molar-refractivity contribution in [1.82, 2.24) is 4.90 Å². The van der Waals surface area contributed by atoms with Crippen LogP contribution in [0.4, 0.5) is 0 Å². The number of likely N-dealkylation sites (tertiary alicyclic amines) is 1. The summed E-state index contributed by atoms with van der Waals surface area (Å²) in [6, 6.07) is 3.77. The Hall–Kier alpha value is -1.29. The van der Waals surface area contributed by atoms with Gasteiger partial charge >= 0.3 is 5.97 Å². The van der Waals surface area contributed by atoms with Gasteiger partial charge in [0, 0.05) is 19.0 Å². The van der Waals surface area contributed by atoms with Gasteiger partial charge < -0.3 is 14.4 Å². The second-order valence-electron chi connectivity index (χ2n) is 4.22. The number of carboxylic acids is 1. The van der Waals surface area contributed by atoms with Crippen molar-refractivity contribution in [3.05, 3.63) is 23.7 Å². The molecule has 2 rings (SSSR count). The maximum atomic E-state index is 11.1. The van der Waals surface area contributed by atoms with Crippen LogP contribution in [0.3, 0.4) is 0 Å². The van der Waals surface area contributed by atoms with Crippen LogP contribution in [0.25, 0.3) is 0 Å². The molecule has 2 heterocycles. The Morgan fingerprint density at radius 2 is 2.27 bits per heavy atom. The van der Waals surface area contributed by atoms with Gasteiger partial charge in [0.05, 0.1) is 5.92 Å². The highest BCUT2D eigenvalue weighted by Gasteiger charge is 2.38. The lowest BCUT2D eigenvalue weighted by Gasteiger charge is -2.11. The zero-order valence-corrected chi connectivity index (χ0v) is 8.93. The number of hydrogen-bond donors (Lipinski definition) is 1. The van der Waals surface area contributed by atoms with Crippen LogP contribution in [0.1, 0.15) is 17.4 Å². The molecule has 15 heavy (non-hydrogen) atoms. The van der Waals surface area contributed by atoms with Crippen molar-refractivity contribution in [2.75, 3.05) is 20.1 Å². The van der Waals surface area contributed by atoms with Gasteiger partial charge in [0.1, 0.15) is 11.5 Å². The topological polar surface area (TPSA) is 53.7 Å². The number of hydrogen-bond acceptors (Lipinski definition) is 3. The first-order valence-corrected chi connectivity index (χ1v) is 5.05. The van der Waals surface area contributed by atoms with Crippen molar-refractivity contribution in [2.24, 2.45) is 5.92 Å². The van der Waals surface area contributed by atoms with Gasteiger partial charge in [-0.2, -0.15) is 0 Å². The Balaban J connectivity index is 2.24. The van der Waals surface area contributed by atoms with E-state index in [1.807, 2.05) is 31.0 Å². The average Bonchev–Trinajstić information content (AvgIpc) is 2.71. The summed E-state index contributed by atoms with van der Waals surface area (Å²) >= 11 is 0. The maximum Gasteiger partial charge on any atom is 0.308 e. The second kappa shape index (κ2) is 3.70. The van der Waals surface area contributed by atoms with Gasteiger partial charge in [0.25, 0.3) is 0 Å². The molecule has 0 amide bonds. The van der Waals surface area contributed by atoms with E-state index in [4.69, 9.17) is 9.52 Å². The van der Waals surface area contributed by atoms with Crippen LogP contribution in [0.2, 0.25) is 0 Å². The Bertz CT molecular complexity index is 372. The molecule has 1 saturated heterocycles. The summed E-state index contributed by atoms with van der Waals surface area (Å²) in [7, 11) is 1.94. The predicted octanol–water partition coefficient (Wildman–Crippen LogP) is 1.32. The molecule has 0 aliphatic carbocycles. The Morgan fingerprint density at radius 3 is 2.80 bits per heavy atom. The zero-order valence-electron chi connectivity index (χ0n) is 8.93. The van der Waals surface area contributed by atoms with E-state index >= 15 is 0 Å². The second-order valence-corrected chi connectivity index (χ2v) is 4.22. The van der Waals surface area contributed by atoms with Gasteiger partial charge in [-0.25, -0.2) is 0 Å². The Morgan fingerprint density at radius 1 is 1.53 bits per heavy atom. The number of carbonyl (C=O) groups is 1. The molecule has 0 spiro atoms. The molecule has 1 fully saturated rings. The first kappa shape index (κ1) is 10.2. The Labute approximate surface area is 88.5 Å². The first-order chi connectivity index (χ1) is 7.08. The van der Waals surface area contributed by atoms with E-state index in [2.05, 4.69) is 0 Å². The van der Waals surface area contributed by atoms with Crippen LogP contribution in [0, 0.1) is 12.8 Å². The van der Waals surface area contributed by atoms with Crippen LogP contribution in [-0.4, -0.2) is 36.1 Å². The third-order valence-corrected chi connectivity index (χ3v) is 2.95. The van der Waals surface area contributed by atoms with Crippen LogP contribution >= 0.6 is 0 Å². The van der Waals surface area contributed by atoms with Crippen molar-refractivity contribution in [2.45, 2.75) is 12.8 Å². The molecule has 4 heteroatoms. The monoisotopic (exact) mass is 209 g/mol. The van der Waals surface area contributed by atoms with Crippen molar-refractivity contribution in [3.8, 4) is 0 Å². The molecule has 2 atom stereocenters. The largest absolute Gasteiger partial charge is 0.481 e. The summed E-state index contributed by atoms with van der Waals surface area (Å²) in [5, 5.41) is 9.10. The average molecular weight is 209 g/mol. The molecule has 1 aromatic rings.